The van der Waals surface area contributed by atoms with Crippen molar-refractivity contribution in [2.75, 3.05) is 13.7 Å². The first-order chi connectivity index (χ1) is 15.7. The maximum Gasteiger partial charge on any atom is 0.244 e. The van der Waals surface area contributed by atoms with Gasteiger partial charge in [0.25, 0.3) is 0 Å². The van der Waals surface area contributed by atoms with Crippen LogP contribution in [0.2, 0.25) is 0 Å². The van der Waals surface area contributed by atoms with E-state index < -0.39 is 28.7 Å². The van der Waals surface area contributed by atoms with E-state index in [-0.39, 0.29) is 40.3 Å². The second-order valence-electron chi connectivity index (χ2n) is 9.69. The molecule has 0 radical (unpaired) electrons. The van der Waals surface area contributed by atoms with Gasteiger partial charge in [0.2, 0.25) is 17.7 Å². The fourth-order valence-electron chi connectivity index (χ4n) is 5.93. The van der Waals surface area contributed by atoms with Crippen LogP contribution in [0.15, 0.2) is 30.3 Å². The van der Waals surface area contributed by atoms with Crippen LogP contribution in [-0.4, -0.2) is 68.3 Å². The lowest BCUT2D eigenvalue weighted by Gasteiger charge is -2.37. The number of thioether (sulfide) groups is 1. The molecule has 1 aromatic carbocycles. The van der Waals surface area contributed by atoms with Crippen LogP contribution >= 0.6 is 27.7 Å². The standard InChI is InChI=1S/C24H32BrN3O4S/c1-13(2)9-15(12-29)28-20(22(31)27-11-14-7-5-4-6-8-14)24-10-16(25)19(33-24)17(21(30)26-3)18(24)23(28)32/h4-8,13,15-20,29H,9-12H2,1-3H3,(H,26,30)(H,27,31)/t15-,16?,17-,18+,19-,20?,24?/m1/s1. The summed E-state index contributed by atoms with van der Waals surface area (Å²) in [5, 5.41) is 15.9. The first-order valence-electron chi connectivity index (χ1n) is 11.5. The Morgan fingerprint density at radius 3 is 2.58 bits per heavy atom. The highest BCUT2D eigenvalue weighted by Gasteiger charge is 2.76. The lowest BCUT2D eigenvalue weighted by Crippen LogP contribution is -2.57. The molecule has 3 saturated heterocycles. The summed E-state index contributed by atoms with van der Waals surface area (Å²) in [4.78, 5) is 42.2. The van der Waals surface area contributed by atoms with E-state index in [4.69, 9.17) is 0 Å². The van der Waals surface area contributed by atoms with Gasteiger partial charge < -0.3 is 20.6 Å². The summed E-state index contributed by atoms with van der Waals surface area (Å²) in [6, 6.07) is 8.45. The van der Waals surface area contributed by atoms with Gasteiger partial charge in [-0.05, 0) is 24.3 Å². The van der Waals surface area contributed by atoms with E-state index in [1.54, 1.807) is 23.7 Å². The van der Waals surface area contributed by atoms with E-state index in [2.05, 4.69) is 26.6 Å². The van der Waals surface area contributed by atoms with Crippen molar-refractivity contribution >= 4 is 45.4 Å². The highest BCUT2D eigenvalue weighted by Crippen LogP contribution is 2.68. The second-order valence-corrected chi connectivity index (χ2v) is 12.4. The van der Waals surface area contributed by atoms with Gasteiger partial charge in [-0.3, -0.25) is 14.4 Å². The molecule has 7 nitrogen and oxygen atoms in total. The van der Waals surface area contributed by atoms with Crippen molar-refractivity contribution in [3.63, 3.8) is 0 Å². The van der Waals surface area contributed by atoms with Gasteiger partial charge >= 0.3 is 0 Å². The molecule has 0 aromatic heterocycles. The Morgan fingerprint density at radius 2 is 1.97 bits per heavy atom. The number of aliphatic hydroxyl groups excluding tert-OH is 1. The van der Waals surface area contributed by atoms with Gasteiger partial charge in [-0.2, -0.15) is 0 Å². The molecular weight excluding hydrogens is 506 g/mol. The Bertz CT molecular complexity index is 916. The lowest BCUT2D eigenvalue weighted by atomic mass is 9.70. The summed E-state index contributed by atoms with van der Waals surface area (Å²) >= 11 is 5.35. The van der Waals surface area contributed by atoms with Crippen molar-refractivity contribution in [2.24, 2.45) is 17.8 Å². The van der Waals surface area contributed by atoms with Gasteiger partial charge in [-0.25, -0.2) is 0 Å². The van der Waals surface area contributed by atoms with Crippen LogP contribution in [0.3, 0.4) is 0 Å². The van der Waals surface area contributed by atoms with Gasteiger partial charge in [0.05, 0.1) is 29.2 Å². The minimum atomic E-state index is -0.737. The van der Waals surface area contributed by atoms with Gasteiger partial charge in [0, 0.05) is 23.7 Å². The number of nitrogens with zero attached hydrogens (tertiary/aromatic N) is 1. The number of rotatable bonds is 8. The zero-order chi connectivity index (χ0) is 23.9. The average Bonchev–Trinajstić information content (AvgIpc) is 3.39. The predicted octanol–water partition coefficient (Wildman–Crippen LogP) is 1.92. The van der Waals surface area contributed by atoms with Crippen molar-refractivity contribution in [2.45, 2.75) is 60.1 Å². The third-order valence-corrected chi connectivity index (χ3v) is 10.4. The summed E-state index contributed by atoms with van der Waals surface area (Å²) < 4.78 is -0.696. The minimum absolute atomic E-state index is 0.0379. The van der Waals surface area contributed by atoms with Gasteiger partial charge in [-0.15, -0.1) is 11.8 Å². The van der Waals surface area contributed by atoms with E-state index in [0.717, 1.165) is 5.56 Å². The molecule has 0 aliphatic carbocycles. The number of nitrogens with one attached hydrogen (secondary N) is 2. The van der Waals surface area contributed by atoms with E-state index >= 15 is 0 Å². The number of aliphatic hydroxyl groups is 1. The fourth-order valence-corrected chi connectivity index (χ4v) is 9.53. The summed E-state index contributed by atoms with van der Waals surface area (Å²) in [5.41, 5.74) is 0.974. The molecule has 7 atom stereocenters. The van der Waals surface area contributed by atoms with E-state index in [9.17, 15) is 19.5 Å². The molecular formula is C24H32BrN3O4S. The van der Waals surface area contributed by atoms with Crippen molar-refractivity contribution < 1.29 is 19.5 Å². The smallest absolute Gasteiger partial charge is 0.244 e. The van der Waals surface area contributed by atoms with Crippen molar-refractivity contribution in [3.8, 4) is 0 Å². The Labute approximate surface area is 207 Å². The number of alkyl halides is 1. The summed E-state index contributed by atoms with van der Waals surface area (Å²) in [7, 11) is 1.59. The average molecular weight is 539 g/mol. The number of carbonyl (C=O) groups excluding carboxylic acids is 3. The number of carbonyl (C=O) groups is 3. The third-order valence-electron chi connectivity index (χ3n) is 7.18. The van der Waals surface area contributed by atoms with E-state index in [1.807, 2.05) is 44.2 Å². The van der Waals surface area contributed by atoms with Crippen molar-refractivity contribution in [1.29, 1.82) is 0 Å². The lowest BCUT2D eigenvalue weighted by molar-refractivity contribution is -0.143. The molecule has 1 aromatic rings. The molecule has 3 amide bonds. The topological polar surface area (TPSA) is 98.7 Å². The fraction of sp³-hybridized carbons (Fsp3) is 0.625. The van der Waals surface area contributed by atoms with Gasteiger partial charge in [0.15, 0.2) is 0 Å². The normalized spacial score (nSPS) is 33.3. The Balaban J connectivity index is 1.72. The number of halogens is 1. The number of hydrogen-bond acceptors (Lipinski definition) is 5. The second kappa shape index (κ2) is 9.58. The highest BCUT2D eigenvalue weighted by atomic mass is 79.9. The van der Waals surface area contributed by atoms with Crippen LogP contribution in [0.25, 0.3) is 0 Å². The van der Waals surface area contributed by atoms with Crippen LogP contribution in [0.1, 0.15) is 32.3 Å². The summed E-state index contributed by atoms with van der Waals surface area (Å²) in [6.45, 7) is 4.22. The highest BCUT2D eigenvalue weighted by molar-refractivity contribution is 9.09. The molecule has 0 saturated carbocycles. The number of hydrogen-bond donors (Lipinski definition) is 3. The van der Waals surface area contributed by atoms with Crippen LogP contribution in [0.5, 0.6) is 0 Å². The Hall–Kier alpha value is -1.58. The summed E-state index contributed by atoms with van der Waals surface area (Å²) in [6.07, 6.45) is 1.22. The van der Waals surface area contributed by atoms with Crippen molar-refractivity contribution in [1.82, 2.24) is 15.5 Å². The molecule has 1 spiro atoms. The Morgan fingerprint density at radius 1 is 1.27 bits per heavy atom. The maximum absolute atomic E-state index is 13.9. The Kier molecular flexibility index (Phi) is 7.13. The molecule has 3 aliphatic heterocycles. The molecule has 2 bridgehead atoms. The van der Waals surface area contributed by atoms with Crippen LogP contribution in [0, 0.1) is 17.8 Å². The van der Waals surface area contributed by atoms with Gasteiger partial charge in [0.1, 0.15) is 6.04 Å². The van der Waals surface area contributed by atoms with Crippen molar-refractivity contribution in [3.05, 3.63) is 35.9 Å². The maximum atomic E-state index is 13.9. The first kappa shape index (κ1) is 24.5. The largest absolute Gasteiger partial charge is 0.394 e. The molecule has 9 heteroatoms. The first-order valence-corrected chi connectivity index (χ1v) is 13.3. The van der Waals surface area contributed by atoms with Crippen LogP contribution in [-0.2, 0) is 20.9 Å². The van der Waals surface area contributed by atoms with Gasteiger partial charge in [-0.1, -0.05) is 60.1 Å². The molecule has 3 unspecified atom stereocenters. The third kappa shape index (κ3) is 4.10. The molecule has 3 fully saturated rings. The molecule has 3 N–H and O–H groups in total. The number of likely N-dealkylation sites (tertiary alicyclic amines) is 1. The zero-order valence-corrected chi connectivity index (χ0v) is 21.6. The molecule has 180 valence electrons. The SMILES string of the molecule is CNC(=O)[C@H]1[C@@H]2SC3(CC2Br)C(C(=O)NCc2ccccc2)N([C@@H](CO)CC(C)C)C(=O)[C@H]13. The molecule has 3 heterocycles. The number of fused-ring (bicyclic) bond motifs is 1. The quantitative estimate of drug-likeness (QED) is 0.440. The van der Waals surface area contributed by atoms with Crippen LogP contribution in [0.4, 0.5) is 0 Å². The van der Waals surface area contributed by atoms with E-state index in [0.29, 0.717) is 19.4 Å². The zero-order valence-electron chi connectivity index (χ0n) is 19.2. The predicted molar refractivity (Wildman–Crippen MR) is 132 cm³/mol. The van der Waals surface area contributed by atoms with E-state index in [1.165, 1.54) is 0 Å². The monoisotopic (exact) mass is 537 g/mol. The molecule has 33 heavy (non-hydrogen) atoms. The summed E-state index contributed by atoms with van der Waals surface area (Å²) in [5.74, 6) is -1.40. The van der Waals surface area contributed by atoms with Crippen LogP contribution < -0.4 is 10.6 Å². The minimum Gasteiger partial charge on any atom is -0.394 e. The number of benzene rings is 1. The molecule has 4 rings (SSSR count). The number of amides is 3. The molecule has 3 aliphatic rings.